The number of nitrogens with zero attached hydrogens (tertiary/aromatic N) is 3. The number of sulfonamides is 1. The van der Waals surface area contributed by atoms with Gasteiger partial charge in [-0.25, -0.2) is 13.4 Å². The molecule has 37 heavy (non-hydrogen) atoms. The van der Waals surface area contributed by atoms with Crippen LogP contribution in [-0.4, -0.2) is 62.9 Å². The zero-order valence-electron chi connectivity index (χ0n) is 21.5. The lowest BCUT2D eigenvalue weighted by molar-refractivity contribution is 0.183. The first kappa shape index (κ1) is 26.5. The molecule has 3 aromatic rings. The lowest BCUT2D eigenvalue weighted by Gasteiger charge is -2.26. The highest BCUT2D eigenvalue weighted by molar-refractivity contribution is 7.92. The molecule has 0 saturated carbocycles. The number of nitrogens with one attached hydrogen (secondary N) is 3. The van der Waals surface area contributed by atoms with E-state index in [1.165, 1.54) is 19.3 Å². The van der Waals surface area contributed by atoms with Crippen molar-refractivity contribution in [2.75, 3.05) is 55.0 Å². The molecule has 1 fully saturated rings. The Morgan fingerprint density at radius 3 is 2.57 bits per heavy atom. The predicted octanol–water partition coefficient (Wildman–Crippen LogP) is 4.52. The molecule has 2 heterocycles. The topological polar surface area (TPSA) is 118 Å². The predicted molar refractivity (Wildman–Crippen MR) is 147 cm³/mol. The Kier molecular flexibility index (Phi) is 8.67. The van der Waals surface area contributed by atoms with Crippen molar-refractivity contribution in [3.8, 4) is 11.5 Å². The minimum atomic E-state index is -3.45. The fourth-order valence-electron chi connectivity index (χ4n) is 4.17. The molecule has 0 bridgehead atoms. The summed E-state index contributed by atoms with van der Waals surface area (Å²) in [4.78, 5) is 11.3. The molecule has 11 heteroatoms. The number of anilines is 5. The van der Waals surface area contributed by atoms with E-state index in [1.807, 2.05) is 37.3 Å². The largest absolute Gasteiger partial charge is 0.497 e. The van der Waals surface area contributed by atoms with Crippen molar-refractivity contribution < 1.29 is 17.9 Å². The van der Waals surface area contributed by atoms with Crippen molar-refractivity contribution in [2.24, 2.45) is 0 Å². The van der Waals surface area contributed by atoms with Crippen LogP contribution in [0.4, 0.5) is 28.8 Å². The Hall–Kier alpha value is -3.57. The van der Waals surface area contributed by atoms with Crippen LogP contribution in [0.5, 0.6) is 11.5 Å². The minimum absolute atomic E-state index is 0.364. The van der Waals surface area contributed by atoms with Crippen LogP contribution in [0.1, 0.15) is 24.8 Å². The molecule has 1 saturated heterocycles. The fraction of sp³-hybridized carbons (Fsp3) is 0.385. The monoisotopic (exact) mass is 526 g/mol. The average molecular weight is 527 g/mol. The second kappa shape index (κ2) is 12.1. The van der Waals surface area contributed by atoms with Gasteiger partial charge in [-0.3, -0.25) is 9.62 Å². The highest BCUT2D eigenvalue weighted by atomic mass is 32.2. The van der Waals surface area contributed by atoms with Crippen LogP contribution in [-0.2, 0) is 10.0 Å². The summed E-state index contributed by atoms with van der Waals surface area (Å²) in [6.45, 7) is 5.59. The Morgan fingerprint density at radius 1 is 1.03 bits per heavy atom. The number of piperidine rings is 1. The minimum Gasteiger partial charge on any atom is -0.497 e. The van der Waals surface area contributed by atoms with Crippen LogP contribution in [0.15, 0.2) is 48.7 Å². The number of benzene rings is 2. The third-order valence-electron chi connectivity index (χ3n) is 5.98. The van der Waals surface area contributed by atoms with E-state index < -0.39 is 10.0 Å². The lowest BCUT2D eigenvalue weighted by atomic mass is 10.1. The Bertz CT molecular complexity index is 1310. The van der Waals surface area contributed by atoms with Gasteiger partial charge < -0.3 is 20.1 Å². The van der Waals surface area contributed by atoms with Crippen molar-refractivity contribution in [3.63, 3.8) is 0 Å². The standard InChI is InChI=1S/C26H34N6O4S/c1-19-8-7-9-23(25(19)31-37(3,33)34)29-24-10-11-27-26(30-24)28-20-16-21(35-2)18-22(17-20)36-15-14-32-12-5-4-6-13-32/h7-11,16-18,31H,4-6,12-15H2,1-3H3,(H2,27,28,29,30). The van der Waals surface area contributed by atoms with Crippen molar-refractivity contribution in [3.05, 3.63) is 54.2 Å². The molecule has 198 valence electrons. The van der Waals surface area contributed by atoms with Gasteiger partial charge in [0, 0.05) is 36.6 Å². The molecule has 1 aromatic heterocycles. The van der Waals surface area contributed by atoms with E-state index in [9.17, 15) is 8.42 Å². The summed E-state index contributed by atoms with van der Waals surface area (Å²) in [5.41, 5.74) is 2.56. The average Bonchev–Trinajstić information content (AvgIpc) is 2.86. The van der Waals surface area contributed by atoms with E-state index in [4.69, 9.17) is 9.47 Å². The summed E-state index contributed by atoms with van der Waals surface area (Å²) in [6.07, 6.45) is 6.55. The van der Waals surface area contributed by atoms with Crippen molar-refractivity contribution >= 4 is 38.9 Å². The quantitative estimate of drug-likeness (QED) is 0.331. The maximum Gasteiger partial charge on any atom is 0.229 e. The third kappa shape index (κ3) is 7.96. The van der Waals surface area contributed by atoms with Gasteiger partial charge in [0.2, 0.25) is 16.0 Å². The van der Waals surface area contributed by atoms with Gasteiger partial charge in [-0.2, -0.15) is 4.98 Å². The highest BCUT2D eigenvalue weighted by Crippen LogP contribution is 2.30. The molecule has 3 N–H and O–H groups in total. The molecule has 2 aromatic carbocycles. The van der Waals surface area contributed by atoms with E-state index in [1.54, 1.807) is 25.4 Å². The summed E-state index contributed by atoms with van der Waals surface area (Å²) < 4.78 is 37.7. The molecule has 10 nitrogen and oxygen atoms in total. The van der Waals surface area contributed by atoms with Crippen molar-refractivity contribution in [2.45, 2.75) is 26.2 Å². The number of para-hydroxylation sites is 1. The van der Waals surface area contributed by atoms with E-state index in [0.717, 1.165) is 37.1 Å². The second-order valence-electron chi connectivity index (χ2n) is 9.04. The van der Waals surface area contributed by atoms with E-state index in [-0.39, 0.29) is 0 Å². The van der Waals surface area contributed by atoms with Gasteiger partial charge in [-0.05, 0) is 50.6 Å². The maximum absolute atomic E-state index is 11.8. The zero-order chi connectivity index (χ0) is 26.3. The molecule has 1 aliphatic heterocycles. The number of hydrogen-bond donors (Lipinski definition) is 3. The van der Waals surface area contributed by atoms with Crippen LogP contribution >= 0.6 is 0 Å². The van der Waals surface area contributed by atoms with Crippen LogP contribution in [0.25, 0.3) is 0 Å². The van der Waals surface area contributed by atoms with Gasteiger partial charge >= 0.3 is 0 Å². The molecule has 1 aliphatic rings. The third-order valence-corrected chi connectivity index (χ3v) is 6.55. The number of aromatic nitrogens is 2. The van der Waals surface area contributed by atoms with Crippen LogP contribution in [0.3, 0.4) is 0 Å². The van der Waals surface area contributed by atoms with Crippen LogP contribution < -0.4 is 24.8 Å². The molecular weight excluding hydrogens is 492 g/mol. The van der Waals surface area contributed by atoms with E-state index in [0.29, 0.717) is 41.2 Å². The summed E-state index contributed by atoms with van der Waals surface area (Å²) in [7, 11) is -1.84. The molecule has 0 atom stereocenters. The van der Waals surface area contributed by atoms with Crippen molar-refractivity contribution in [1.29, 1.82) is 0 Å². The van der Waals surface area contributed by atoms with Crippen LogP contribution in [0, 0.1) is 6.92 Å². The zero-order valence-corrected chi connectivity index (χ0v) is 22.3. The lowest BCUT2D eigenvalue weighted by Crippen LogP contribution is -2.33. The number of aryl methyl sites for hydroxylation is 1. The first-order valence-electron chi connectivity index (χ1n) is 12.3. The van der Waals surface area contributed by atoms with E-state index in [2.05, 4.69) is 30.2 Å². The number of rotatable bonds is 11. The summed E-state index contributed by atoms with van der Waals surface area (Å²) in [5.74, 6) is 2.22. The second-order valence-corrected chi connectivity index (χ2v) is 10.8. The van der Waals surface area contributed by atoms with Gasteiger partial charge in [0.1, 0.15) is 23.9 Å². The number of methoxy groups -OCH3 is 1. The Balaban J connectivity index is 1.46. The van der Waals surface area contributed by atoms with Gasteiger partial charge in [-0.15, -0.1) is 0 Å². The summed E-state index contributed by atoms with van der Waals surface area (Å²) in [6, 6.07) is 12.7. The molecule has 0 spiro atoms. The van der Waals surface area contributed by atoms with Gasteiger partial charge in [0.25, 0.3) is 0 Å². The fourth-order valence-corrected chi connectivity index (χ4v) is 4.81. The molecular formula is C26H34N6O4S. The molecule has 0 amide bonds. The number of hydrogen-bond acceptors (Lipinski definition) is 9. The first-order valence-corrected chi connectivity index (χ1v) is 14.2. The van der Waals surface area contributed by atoms with Gasteiger partial charge in [-0.1, -0.05) is 18.6 Å². The van der Waals surface area contributed by atoms with Gasteiger partial charge in [0.15, 0.2) is 0 Å². The smallest absolute Gasteiger partial charge is 0.229 e. The molecule has 4 rings (SSSR count). The van der Waals surface area contributed by atoms with E-state index >= 15 is 0 Å². The van der Waals surface area contributed by atoms with Gasteiger partial charge in [0.05, 0.1) is 24.7 Å². The normalized spacial score (nSPS) is 14.1. The SMILES string of the molecule is COc1cc(Nc2nccc(Nc3cccc(C)c3NS(C)(=O)=O)n2)cc(OCCN2CCCCC2)c1. The summed E-state index contributed by atoms with van der Waals surface area (Å²) in [5, 5.41) is 6.39. The van der Waals surface area contributed by atoms with Crippen molar-refractivity contribution in [1.82, 2.24) is 14.9 Å². The molecule has 0 unspecified atom stereocenters. The highest BCUT2D eigenvalue weighted by Gasteiger charge is 2.13. The number of likely N-dealkylation sites (tertiary alicyclic amines) is 1. The molecule has 0 aliphatic carbocycles. The maximum atomic E-state index is 11.8. The Labute approximate surface area is 218 Å². The van der Waals surface area contributed by atoms with Crippen LogP contribution in [0.2, 0.25) is 0 Å². The Morgan fingerprint density at radius 2 is 1.81 bits per heavy atom. The molecule has 0 radical (unpaired) electrons. The summed E-state index contributed by atoms with van der Waals surface area (Å²) >= 11 is 0. The number of ether oxygens (including phenoxy) is 2. The first-order chi connectivity index (χ1) is 17.8.